The first-order chi connectivity index (χ1) is 11.3. The number of carbonyl (C=O) groups is 2. The Kier molecular flexibility index (Phi) is 4.33. The second kappa shape index (κ2) is 6.15. The second-order valence-corrected chi connectivity index (χ2v) is 8.46. The quantitative estimate of drug-likeness (QED) is 0.842. The van der Waals surface area contributed by atoms with Crippen LogP contribution in [0.2, 0.25) is 0 Å². The number of amides is 1. The maximum atomic E-state index is 13.0. The Morgan fingerprint density at radius 3 is 2.67 bits per heavy atom. The summed E-state index contributed by atoms with van der Waals surface area (Å²) in [5.74, 6) is -2.64. The van der Waals surface area contributed by atoms with E-state index < -0.39 is 33.9 Å². The van der Waals surface area contributed by atoms with Gasteiger partial charge in [0.15, 0.2) is 0 Å². The molecule has 1 aromatic carbocycles. The molecule has 0 bridgehead atoms. The summed E-state index contributed by atoms with van der Waals surface area (Å²) >= 11 is 1.30. The molecule has 2 atom stereocenters. The van der Waals surface area contributed by atoms with Gasteiger partial charge in [0.25, 0.3) is 0 Å². The van der Waals surface area contributed by atoms with Crippen molar-refractivity contribution in [3.63, 3.8) is 0 Å². The largest absolute Gasteiger partial charge is 0.481 e. The van der Waals surface area contributed by atoms with Crippen molar-refractivity contribution >= 4 is 43.3 Å². The molecule has 0 saturated carbocycles. The minimum atomic E-state index is -3.94. The Morgan fingerprint density at radius 2 is 2.00 bits per heavy atom. The van der Waals surface area contributed by atoms with E-state index >= 15 is 0 Å². The van der Waals surface area contributed by atoms with Crippen LogP contribution in [0.4, 0.5) is 0 Å². The van der Waals surface area contributed by atoms with E-state index in [0.29, 0.717) is 5.39 Å². The van der Waals surface area contributed by atoms with Gasteiger partial charge in [0, 0.05) is 22.0 Å². The van der Waals surface area contributed by atoms with Crippen molar-refractivity contribution in [1.29, 1.82) is 0 Å². The number of carbonyl (C=O) groups excluding carboxylic acids is 1. The number of nitrogens with zero attached hydrogens (tertiary/aromatic N) is 1. The molecular formula is C15H16N2O5S2. The van der Waals surface area contributed by atoms with Gasteiger partial charge in [-0.1, -0.05) is 18.2 Å². The summed E-state index contributed by atoms with van der Waals surface area (Å²) in [4.78, 5) is 23.0. The molecule has 2 unspecified atom stereocenters. The SMILES string of the molecule is NC(=O)C1CC(C(=O)O)CCN1S(=O)(=O)c1csc2ccccc12. The Morgan fingerprint density at radius 1 is 1.29 bits per heavy atom. The molecule has 0 aliphatic carbocycles. The van der Waals surface area contributed by atoms with E-state index in [1.54, 1.807) is 17.5 Å². The zero-order valence-electron chi connectivity index (χ0n) is 12.6. The lowest BCUT2D eigenvalue weighted by molar-refractivity contribution is -0.144. The molecule has 7 nitrogen and oxygen atoms in total. The van der Waals surface area contributed by atoms with Gasteiger partial charge in [0.2, 0.25) is 15.9 Å². The van der Waals surface area contributed by atoms with Gasteiger partial charge in [-0.05, 0) is 18.9 Å². The number of hydrogen-bond donors (Lipinski definition) is 2. The van der Waals surface area contributed by atoms with Crippen molar-refractivity contribution in [3.05, 3.63) is 29.6 Å². The van der Waals surface area contributed by atoms with Crippen molar-refractivity contribution in [1.82, 2.24) is 4.31 Å². The third-order valence-electron chi connectivity index (χ3n) is 4.26. The van der Waals surface area contributed by atoms with E-state index in [9.17, 15) is 18.0 Å². The van der Waals surface area contributed by atoms with E-state index in [1.807, 2.05) is 12.1 Å². The van der Waals surface area contributed by atoms with Crippen LogP contribution in [0.25, 0.3) is 10.1 Å². The number of primary amides is 1. The third kappa shape index (κ3) is 2.79. The van der Waals surface area contributed by atoms with Gasteiger partial charge in [-0.25, -0.2) is 8.42 Å². The lowest BCUT2D eigenvalue weighted by Crippen LogP contribution is -2.53. The van der Waals surface area contributed by atoms with Crippen LogP contribution >= 0.6 is 11.3 Å². The molecule has 3 N–H and O–H groups in total. The van der Waals surface area contributed by atoms with Gasteiger partial charge >= 0.3 is 5.97 Å². The zero-order chi connectivity index (χ0) is 17.5. The smallest absolute Gasteiger partial charge is 0.306 e. The van der Waals surface area contributed by atoms with Crippen LogP contribution in [-0.4, -0.2) is 42.3 Å². The fourth-order valence-electron chi connectivity index (χ4n) is 2.99. The molecule has 128 valence electrons. The van der Waals surface area contributed by atoms with Gasteiger partial charge in [-0.3, -0.25) is 9.59 Å². The minimum Gasteiger partial charge on any atom is -0.481 e. The molecule has 3 rings (SSSR count). The van der Waals surface area contributed by atoms with E-state index in [0.717, 1.165) is 9.01 Å². The number of benzene rings is 1. The molecule has 0 radical (unpaired) electrons. The monoisotopic (exact) mass is 368 g/mol. The van der Waals surface area contributed by atoms with Gasteiger partial charge in [-0.2, -0.15) is 4.31 Å². The summed E-state index contributed by atoms with van der Waals surface area (Å²) in [7, 11) is -3.94. The van der Waals surface area contributed by atoms with Crippen molar-refractivity contribution < 1.29 is 23.1 Å². The summed E-state index contributed by atoms with van der Waals surface area (Å²) in [6, 6.07) is 5.95. The molecular weight excluding hydrogens is 352 g/mol. The van der Waals surface area contributed by atoms with E-state index in [1.165, 1.54) is 11.3 Å². The maximum absolute atomic E-state index is 13.0. The Balaban J connectivity index is 2.02. The van der Waals surface area contributed by atoms with Crippen LogP contribution in [0.1, 0.15) is 12.8 Å². The number of hydrogen-bond acceptors (Lipinski definition) is 5. The van der Waals surface area contributed by atoms with Crippen molar-refractivity contribution in [2.24, 2.45) is 11.7 Å². The highest BCUT2D eigenvalue weighted by molar-refractivity contribution is 7.89. The second-order valence-electron chi connectivity index (χ2n) is 5.69. The lowest BCUT2D eigenvalue weighted by atomic mass is 9.92. The number of piperidine rings is 1. The van der Waals surface area contributed by atoms with Crippen LogP contribution in [0.15, 0.2) is 34.5 Å². The van der Waals surface area contributed by atoms with E-state index in [4.69, 9.17) is 10.8 Å². The first kappa shape index (κ1) is 16.9. The van der Waals surface area contributed by atoms with E-state index in [2.05, 4.69) is 0 Å². The molecule has 9 heteroatoms. The number of rotatable bonds is 4. The summed E-state index contributed by atoms with van der Waals surface area (Å²) in [6.45, 7) is -0.0446. The van der Waals surface area contributed by atoms with Gasteiger partial charge in [0.05, 0.1) is 5.92 Å². The Bertz CT molecular complexity index is 905. The average molecular weight is 368 g/mol. The van der Waals surface area contributed by atoms with Crippen LogP contribution in [0, 0.1) is 5.92 Å². The fraction of sp³-hybridized carbons (Fsp3) is 0.333. The molecule has 0 spiro atoms. The Labute approximate surface area is 142 Å². The zero-order valence-corrected chi connectivity index (χ0v) is 14.2. The highest BCUT2D eigenvalue weighted by atomic mass is 32.2. The molecule has 1 saturated heterocycles. The number of carboxylic acids is 1. The van der Waals surface area contributed by atoms with Crippen molar-refractivity contribution in [2.45, 2.75) is 23.8 Å². The Hall–Kier alpha value is -1.97. The lowest BCUT2D eigenvalue weighted by Gasteiger charge is -2.35. The molecule has 24 heavy (non-hydrogen) atoms. The van der Waals surface area contributed by atoms with Crippen LogP contribution < -0.4 is 5.73 Å². The van der Waals surface area contributed by atoms with Crippen LogP contribution in [0.3, 0.4) is 0 Å². The molecule has 1 amide bonds. The van der Waals surface area contributed by atoms with Gasteiger partial charge in [0.1, 0.15) is 10.9 Å². The third-order valence-corrected chi connectivity index (χ3v) is 7.32. The van der Waals surface area contributed by atoms with Crippen molar-refractivity contribution in [2.75, 3.05) is 6.54 Å². The van der Waals surface area contributed by atoms with Gasteiger partial charge < -0.3 is 10.8 Å². The molecule has 1 aliphatic rings. The normalized spacial score (nSPS) is 22.5. The number of carboxylic acid groups (broad SMARTS) is 1. The highest BCUT2D eigenvalue weighted by Gasteiger charge is 2.42. The van der Waals surface area contributed by atoms with Crippen molar-refractivity contribution in [3.8, 4) is 0 Å². The summed E-state index contributed by atoms with van der Waals surface area (Å²) < 4.78 is 27.9. The number of thiophene rings is 1. The number of aliphatic carboxylic acids is 1. The predicted molar refractivity (Wildman–Crippen MR) is 89.1 cm³/mol. The predicted octanol–water partition coefficient (Wildman–Crippen LogP) is 1.24. The first-order valence-electron chi connectivity index (χ1n) is 7.32. The molecule has 1 aromatic heterocycles. The molecule has 2 heterocycles. The summed E-state index contributed by atoms with van der Waals surface area (Å²) in [5, 5.41) is 11.3. The average Bonchev–Trinajstić information content (AvgIpc) is 2.98. The van der Waals surface area contributed by atoms with Crippen LogP contribution in [0.5, 0.6) is 0 Å². The fourth-order valence-corrected chi connectivity index (χ4v) is 6.09. The number of fused-ring (bicyclic) bond motifs is 1. The number of nitrogens with two attached hydrogens (primary N) is 1. The summed E-state index contributed by atoms with van der Waals surface area (Å²) in [5.41, 5.74) is 5.35. The molecule has 1 aliphatic heterocycles. The summed E-state index contributed by atoms with van der Waals surface area (Å²) in [6.07, 6.45) is 0.0480. The molecule has 1 fully saturated rings. The number of sulfonamides is 1. The minimum absolute atomic E-state index is 0.0446. The highest BCUT2D eigenvalue weighted by Crippen LogP contribution is 2.34. The first-order valence-corrected chi connectivity index (χ1v) is 9.64. The van der Waals surface area contributed by atoms with Gasteiger partial charge in [-0.15, -0.1) is 11.3 Å². The van der Waals surface area contributed by atoms with E-state index in [-0.39, 0.29) is 24.3 Å². The topological polar surface area (TPSA) is 118 Å². The molecule has 2 aromatic rings. The standard InChI is InChI=1S/C15H16N2O5S2/c16-14(18)11-7-9(15(19)20)5-6-17(11)24(21,22)13-8-23-12-4-2-1-3-10(12)13/h1-4,8-9,11H,5-7H2,(H2,16,18)(H,19,20). The van der Waals surface area contributed by atoms with Crippen LogP contribution in [-0.2, 0) is 19.6 Å². The maximum Gasteiger partial charge on any atom is 0.306 e.